The van der Waals surface area contributed by atoms with E-state index in [9.17, 15) is 0 Å². The summed E-state index contributed by atoms with van der Waals surface area (Å²) in [5.41, 5.74) is 7.87. The van der Waals surface area contributed by atoms with Crippen molar-refractivity contribution in [3.8, 4) is 5.75 Å². The van der Waals surface area contributed by atoms with E-state index >= 15 is 0 Å². The molecule has 4 heteroatoms. The molecule has 0 bridgehead atoms. The molecule has 1 aromatic carbocycles. The number of rotatable bonds is 4. The highest BCUT2D eigenvalue weighted by atomic mass is 79.9. The van der Waals surface area contributed by atoms with Gasteiger partial charge in [0.2, 0.25) is 0 Å². The summed E-state index contributed by atoms with van der Waals surface area (Å²) in [6, 6.07) is 8.02. The van der Waals surface area contributed by atoms with Gasteiger partial charge in [0.05, 0.1) is 5.69 Å². The van der Waals surface area contributed by atoms with Crippen LogP contribution in [0, 0.1) is 0 Å². The average molecular weight is 312 g/mol. The van der Waals surface area contributed by atoms with Gasteiger partial charge in [0, 0.05) is 14.7 Å². The third-order valence-electron chi connectivity index (χ3n) is 2.47. The van der Waals surface area contributed by atoms with Crippen molar-refractivity contribution in [3.63, 3.8) is 0 Å². The number of hydrogen-bond acceptors (Lipinski definition) is 3. The monoisotopic (exact) mass is 311 g/mol. The van der Waals surface area contributed by atoms with Crippen LogP contribution in [0.15, 0.2) is 34.1 Å². The van der Waals surface area contributed by atoms with Crippen LogP contribution in [-0.2, 0) is 13.0 Å². The van der Waals surface area contributed by atoms with Crippen LogP contribution in [0.5, 0.6) is 5.75 Å². The van der Waals surface area contributed by atoms with Crippen LogP contribution in [0.1, 0.15) is 17.4 Å². The summed E-state index contributed by atoms with van der Waals surface area (Å²) in [5.74, 6) is 0.756. The molecule has 0 aliphatic rings. The lowest BCUT2D eigenvalue weighted by Gasteiger charge is -2.08. The van der Waals surface area contributed by atoms with Gasteiger partial charge in [-0.25, -0.2) is 0 Å². The van der Waals surface area contributed by atoms with E-state index < -0.39 is 0 Å². The molecule has 0 unspecified atom stereocenters. The highest BCUT2D eigenvalue weighted by Crippen LogP contribution is 2.26. The quantitative estimate of drug-likeness (QED) is 0.857. The van der Waals surface area contributed by atoms with Crippen molar-refractivity contribution < 1.29 is 4.74 Å². The lowest BCUT2D eigenvalue weighted by atomic mass is 10.1. The van der Waals surface area contributed by atoms with Crippen molar-refractivity contribution in [3.05, 3.63) is 44.6 Å². The van der Waals surface area contributed by atoms with E-state index in [0.29, 0.717) is 12.3 Å². The number of thiophene rings is 1. The van der Waals surface area contributed by atoms with Gasteiger partial charge in [0.15, 0.2) is 0 Å². The second-order valence-electron chi connectivity index (χ2n) is 3.75. The molecule has 2 N–H and O–H groups in total. The first kappa shape index (κ1) is 12.5. The largest absolute Gasteiger partial charge is 0.486 e. The van der Waals surface area contributed by atoms with E-state index in [1.54, 1.807) is 11.3 Å². The summed E-state index contributed by atoms with van der Waals surface area (Å²) >= 11 is 5.09. The lowest BCUT2D eigenvalue weighted by molar-refractivity contribution is 0.311. The lowest BCUT2D eigenvalue weighted by Crippen LogP contribution is -1.98. The predicted octanol–water partition coefficient (Wildman–Crippen LogP) is 4.23. The first-order valence-corrected chi connectivity index (χ1v) is 7.10. The summed E-state index contributed by atoms with van der Waals surface area (Å²) < 4.78 is 6.79. The number of ether oxygens (including phenoxy) is 1. The van der Waals surface area contributed by atoms with Crippen molar-refractivity contribution in [2.24, 2.45) is 0 Å². The standard InChI is InChI=1S/C13H14BrNOS/c1-2-9-3-4-13(12(15)5-9)16-7-11-6-10(14)8-17-11/h3-6,8H,2,7,15H2,1H3. The second-order valence-corrected chi connectivity index (χ2v) is 5.66. The smallest absolute Gasteiger partial charge is 0.142 e. The van der Waals surface area contributed by atoms with Crippen LogP contribution in [0.4, 0.5) is 5.69 Å². The van der Waals surface area contributed by atoms with E-state index in [-0.39, 0.29) is 0 Å². The summed E-state index contributed by atoms with van der Waals surface area (Å²) in [6.45, 7) is 2.67. The maximum Gasteiger partial charge on any atom is 0.142 e. The molecule has 2 aromatic rings. The number of aryl methyl sites for hydroxylation is 1. The molecule has 0 aliphatic carbocycles. The normalized spacial score (nSPS) is 10.5. The zero-order chi connectivity index (χ0) is 12.3. The minimum absolute atomic E-state index is 0.561. The molecule has 0 saturated carbocycles. The van der Waals surface area contributed by atoms with Gasteiger partial charge in [-0.1, -0.05) is 13.0 Å². The molecular formula is C13H14BrNOS. The average Bonchev–Trinajstić information content (AvgIpc) is 2.73. The third kappa shape index (κ3) is 3.23. The minimum Gasteiger partial charge on any atom is -0.486 e. The minimum atomic E-state index is 0.561. The summed E-state index contributed by atoms with van der Waals surface area (Å²) in [5, 5.41) is 2.04. The number of nitrogen functional groups attached to an aromatic ring is 1. The molecule has 0 atom stereocenters. The van der Waals surface area contributed by atoms with Gasteiger partial charge < -0.3 is 10.5 Å². The molecule has 0 amide bonds. The van der Waals surface area contributed by atoms with Gasteiger partial charge in [-0.15, -0.1) is 11.3 Å². The fraction of sp³-hybridized carbons (Fsp3) is 0.231. The van der Waals surface area contributed by atoms with E-state index in [1.807, 2.05) is 17.5 Å². The molecule has 1 aromatic heterocycles. The predicted molar refractivity (Wildman–Crippen MR) is 76.6 cm³/mol. The van der Waals surface area contributed by atoms with Crippen LogP contribution in [0.3, 0.4) is 0 Å². The topological polar surface area (TPSA) is 35.2 Å². The zero-order valence-electron chi connectivity index (χ0n) is 9.57. The SMILES string of the molecule is CCc1ccc(OCc2cc(Br)cs2)c(N)c1. The van der Waals surface area contributed by atoms with Crippen LogP contribution < -0.4 is 10.5 Å². The van der Waals surface area contributed by atoms with Gasteiger partial charge in [-0.3, -0.25) is 0 Å². The Balaban J connectivity index is 2.04. The van der Waals surface area contributed by atoms with Crippen molar-refractivity contribution in [1.29, 1.82) is 0 Å². The molecule has 0 spiro atoms. The van der Waals surface area contributed by atoms with Crippen LogP contribution in [-0.4, -0.2) is 0 Å². The Morgan fingerprint density at radius 2 is 2.18 bits per heavy atom. The van der Waals surface area contributed by atoms with Crippen molar-refractivity contribution >= 4 is 33.0 Å². The molecular weight excluding hydrogens is 298 g/mol. The van der Waals surface area contributed by atoms with E-state index in [4.69, 9.17) is 10.5 Å². The Hall–Kier alpha value is -1.000. The highest BCUT2D eigenvalue weighted by molar-refractivity contribution is 9.10. The summed E-state index contributed by atoms with van der Waals surface area (Å²) in [6.07, 6.45) is 0.988. The highest BCUT2D eigenvalue weighted by Gasteiger charge is 2.03. The molecule has 90 valence electrons. The molecule has 17 heavy (non-hydrogen) atoms. The Morgan fingerprint density at radius 1 is 1.35 bits per heavy atom. The van der Waals surface area contributed by atoms with Crippen LogP contribution in [0.2, 0.25) is 0 Å². The Morgan fingerprint density at radius 3 is 2.76 bits per heavy atom. The van der Waals surface area contributed by atoms with Gasteiger partial charge in [0.25, 0.3) is 0 Å². The summed E-state index contributed by atoms with van der Waals surface area (Å²) in [7, 11) is 0. The van der Waals surface area contributed by atoms with E-state index in [1.165, 1.54) is 10.4 Å². The van der Waals surface area contributed by atoms with Gasteiger partial charge in [-0.05, 0) is 46.1 Å². The third-order valence-corrected chi connectivity index (χ3v) is 4.15. The zero-order valence-corrected chi connectivity index (χ0v) is 12.0. The fourth-order valence-corrected chi connectivity index (χ4v) is 2.89. The van der Waals surface area contributed by atoms with Gasteiger partial charge in [0.1, 0.15) is 12.4 Å². The van der Waals surface area contributed by atoms with E-state index in [0.717, 1.165) is 16.6 Å². The van der Waals surface area contributed by atoms with Crippen molar-refractivity contribution in [1.82, 2.24) is 0 Å². The molecule has 2 rings (SSSR count). The molecule has 1 heterocycles. The molecule has 0 radical (unpaired) electrons. The van der Waals surface area contributed by atoms with Gasteiger partial charge in [-0.2, -0.15) is 0 Å². The van der Waals surface area contributed by atoms with Gasteiger partial charge >= 0.3 is 0 Å². The Kier molecular flexibility index (Phi) is 4.07. The number of benzene rings is 1. The number of hydrogen-bond donors (Lipinski definition) is 1. The van der Waals surface area contributed by atoms with Crippen LogP contribution >= 0.6 is 27.3 Å². The summed E-state index contributed by atoms with van der Waals surface area (Å²) in [4.78, 5) is 1.18. The van der Waals surface area contributed by atoms with Crippen molar-refractivity contribution in [2.45, 2.75) is 20.0 Å². The fourth-order valence-electron chi connectivity index (χ4n) is 1.53. The van der Waals surface area contributed by atoms with Crippen LogP contribution in [0.25, 0.3) is 0 Å². The Bertz CT molecular complexity index is 510. The first-order valence-electron chi connectivity index (χ1n) is 5.43. The second kappa shape index (κ2) is 5.56. The molecule has 0 aliphatic heterocycles. The molecule has 2 nitrogen and oxygen atoms in total. The number of anilines is 1. The molecule has 0 fully saturated rings. The maximum atomic E-state index is 5.94. The number of halogens is 1. The molecule has 0 saturated heterocycles. The number of nitrogens with two attached hydrogens (primary N) is 1. The first-order chi connectivity index (χ1) is 8.19. The van der Waals surface area contributed by atoms with E-state index in [2.05, 4.69) is 35.0 Å². The Labute approximate surface area is 114 Å². The van der Waals surface area contributed by atoms with Crippen molar-refractivity contribution in [2.75, 3.05) is 5.73 Å². The maximum absolute atomic E-state index is 5.94.